The summed E-state index contributed by atoms with van der Waals surface area (Å²) < 4.78 is 0. The Kier molecular flexibility index (Phi) is 5.16. The van der Waals surface area contributed by atoms with Gasteiger partial charge in [0, 0.05) is 19.6 Å². The summed E-state index contributed by atoms with van der Waals surface area (Å²) in [7, 11) is 0. The van der Waals surface area contributed by atoms with Crippen molar-refractivity contribution in [2.45, 2.75) is 32.2 Å². The van der Waals surface area contributed by atoms with Crippen LogP contribution in [0.3, 0.4) is 0 Å². The number of hydrogen-bond acceptors (Lipinski definition) is 3. The molecule has 1 fully saturated rings. The number of amides is 3. The molecular formula is C21H28N4O2. The van der Waals surface area contributed by atoms with Crippen LogP contribution in [-0.2, 0) is 4.79 Å². The lowest BCUT2D eigenvalue weighted by Crippen LogP contribution is -2.47. The lowest BCUT2D eigenvalue weighted by atomic mass is 9.95. The minimum atomic E-state index is -0.355. The highest BCUT2D eigenvalue weighted by Crippen LogP contribution is 2.36. The molecule has 1 N–H and O–H groups in total. The molecule has 3 aliphatic rings. The normalized spacial score (nSPS) is 23.2. The molecule has 27 heavy (non-hydrogen) atoms. The molecule has 1 atom stereocenters. The molecular weight excluding hydrogens is 340 g/mol. The van der Waals surface area contributed by atoms with Crippen molar-refractivity contribution in [1.82, 2.24) is 20.0 Å². The van der Waals surface area contributed by atoms with Gasteiger partial charge in [-0.05, 0) is 37.9 Å². The van der Waals surface area contributed by atoms with Crippen LogP contribution in [0.25, 0.3) is 0 Å². The van der Waals surface area contributed by atoms with E-state index in [1.54, 1.807) is 4.90 Å². The fourth-order valence-corrected chi connectivity index (χ4v) is 4.35. The average molecular weight is 368 g/mol. The standard InChI is InChI=1S/C21H28N4O2/c1-2-10-25-17-15-24(14-13-23-11-6-7-12-23)20(26)18(17)19(22-21(25)27)16-8-4-3-5-9-16/h3-5,8-9,19H,2,6-7,10-15H2,1H3,(H,22,27)/t19-/m1/s1. The molecule has 4 rings (SSSR count). The first kappa shape index (κ1) is 18.0. The van der Waals surface area contributed by atoms with E-state index in [9.17, 15) is 9.59 Å². The predicted molar refractivity (Wildman–Crippen MR) is 104 cm³/mol. The highest BCUT2D eigenvalue weighted by atomic mass is 16.2. The van der Waals surface area contributed by atoms with Crippen LogP contribution >= 0.6 is 0 Å². The predicted octanol–water partition coefficient (Wildman–Crippen LogP) is 2.36. The fraction of sp³-hybridized carbons (Fsp3) is 0.524. The Morgan fingerprint density at radius 2 is 1.78 bits per heavy atom. The van der Waals surface area contributed by atoms with Gasteiger partial charge in [0.15, 0.2) is 0 Å². The van der Waals surface area contributed by atoms with Gasteiger partial charge in [0.25, 0.3) is 5.91 Å². The first-order chi connectivity index (χ1) is 13.2. The first-order valence-corrected chi connectivity index (χ1v) is 10.1. The van der Waals surface area contributed by atoms with Gasteiger partial charge < -0.3 is 15.1 Å². The summed E-state index contributed by atoms with van der Waals surface area (Å²) in [6.07, 6.45) is 3.37. The van der Waals surface area contributed by atoms with Crippen molar-refractivity contribution in [1.29, 1.82) is 0 Å². The van der Waals surface area contributed by atoms with Crippen molar-refractivity contribution in [3.05, 3.63) is 47.2 Å². The summed E-state index contributed by atoms with van der Waals surface area (Å²) in [4.78, 5) is 32.1. The average Bonchev–Trinajstić information content (AvgIpc) is 3.31. The van der Waals surface area contributed by atoms with Gasteiger partial charge in [-0.25, -0.2) is 4.79 Å². The third-order valence-electron chi connectivity index (χ3n) is 5.76. The number of rotatable bonds is 6. The van der Waals surface area contributed by atoms with E-state index in [-0.39, 0.29) is 18.0 Å². The van der Waals surface area contributed by atoms with Crippen LogP contribution in [0.2, 0.25) is 0 Å². The zero-order chi connectivity index (χ0) is 18.8. The van der Waals surface area contributed by atoms with Crippen LogP contribution in [0.5, 0.6) is 0 Å². The summed E-state index contributed by atoms with van der Waals surface area (Å²) in [5.74, 6) is 0.0687. The van der Waals surface area contributed by atoms with E-state index in [0.29, 0.717) is 13.1 Å². The molecule has 6 nitrogen and oxygen atoms in total. The Morgan fingerprint density at radius 3 is 2.48 bits per heavy atom. The molecule has 0 bridgehead atoms. The third kappa shape index (κ3) is 3.46. The quantitative estimate of drug-likeness (QED) is 0.839. The van der Waals surface area contributed by atoms with E-state index in [0.717, 1.165) is 49.4 Å². The third-order valence-corrected chi connectivity index (χ3v) is 5.76. The molecule has 0 spiro atoms. The van der Waals surface area contributed by atoms with E-state index >= 15 is 0 Å². The lowest BCUT2D eigenvalue weighted by molar-refractivity contribution is -0.126. The number of nitrogens with one attached hydrogen (secondary N) is 1. The second kappa shape index (κ2) is 7.72. The van der Waals surface area contributed by atoms with Crippen molar-refractivity contribution in [2.75, 3.05) is 39.3 Å². The molecule has 144 valence electrons. The Bertz CT molecular complexity index is 740. The summed E-state index contributed by atoms with van der Waals surface area (Å²) in [6, 6.07) is 9.35. The number of carbonyl (C=O) groups excluding carboxylic acids is 2. The van der Waals surface area contributed by atoms with Gasteiger partial charge in [-0.2, -0.15) is 0 Å². The van der Waals surface area contributed by atoms with Crippen LogP contribution in [-0.4, -0.2) is 65.9 Å². The second-order valence-corrected chi connectivity index (χ2v) is 7.58. The molecule has 1 saturated heterocycles. The van der Waals surface area contributed by atoms with E-state index in [4.69, 9.17) is 0 Å². The second-order valence-electron chi connectivity index (χ2n) is 7.58. The monoisotopic (exact) mass is 368 g/mol. The van der Waals surface area contributed by atoms with Crippen molar-refractivity contribution < 1.29 is 9.59 Å². The molecule has 1 aromatic carbocycles. The summed E-state index contributed by atoms with van der Waals surface area (Å²) in [6.45, 7) is 7.13. The molecule has 0 aliphatic carbocycles. The number of hydrogen-bond donors (Lipinski definition) is 1. The molecule has 0 radical (unpaired) electrons. The van der Waals surface area contributed by atoms with Gasteiger partial charge in [-0.1, -0.05) is 37.3 Å². The molecule has 3 amide bonds. The van der Waals surface area contributed by atoms with E-state index in [1.807, 2.05) is 35.2 Å². The summed E-state index contributed by atoms with van der Waals surface area (Å²) in [5, 5.41) is 3.06. The number of carbonyl (C=O) groups is 2. The largest absolute Gasteiger partial charge is 0.332 e. The maximum atomic E-state index is 13.3. The van der Waals surface area contributed by atoms with Gasteiger partial charge in [0.2, 0.25) is 0 Å². The topological polar surface area (TPSA) is 55.9 Å². The molecule has 6 heteroatoms. The lowest BCUT2D eigenvalue weighted by Gasteiger charge is -2.33. The summed E-state index contributed by atoms with van der Waals surface area (Å²) in [5.41, 5.74) is 2.60. The molecule has 0 unspecified atom stereocenters. The minimum absolute atomic E-state index is 0.0687. The van der Waals surface area contributed by atoms with Gasteiger partial charge in [-0.15, -0.1) is 0 Å². The van der Waals surface area contributed by atoms with Crippen molar-refractivity contribution in [2.24, 2.45) is 0 Å². The van der Waals surface area contributed by atoms with E-state index in [2.05, 4.69) is 17.1 Å². The maximum Gasteiger partial charge on any atom is 0.322 e. The van der Waals surface area contributed by atoms with E-state index in [1.165, 1.54) is 12.8 Å². The van der Waals surface area contributed by atoms with Crippen LogP contribution < -0.4 is 5.32 Å². The molecule has 1 aromatic rings. The number of nitrogens with zero attached hydrogens (tertiary/aromatic N) is 3. The van der Waals surface area contributed by atoms with Crippen LogP contribution in [0.4, 0.5) is 4.79 Å². The summed E-state index contributed by atoms with van der Waals surface area (Å²) >= 11 is 0. The Balaban J connectivity index is 1.59. The number of urea groups is 1. The maximum absolute atomic E-state index is 13.3. The number of likely N-dealkylation sites (tertiary alicyclic amines) is 1. The zero-order valence-corrected chi connectivity index (χ0v) is 16.0. The van der Waals surface area contributed by atoms with Crippen molar-refractivity contribution in [3.63, 3.8) is 0 Å². The van der Waals surface area contributed by atoms with Crippen LogP contribution in [0.15, 0.2) is 41.6 Å². The SMILES string of the molecule is CCCN1C(=O)N[C@H](c2ccccc2)C2=C1CN(CCN1CCCC1)C2=O. The molecule has 3 heterocycles. The van der Waals surface area contributed by atoms with Crippen molar-refractivity contribution in [3.8, 4) is 0 Å². The first-order valence-electron chi connectivity index (χ1n) is 10.1. The number of benzene rings is 1. The van der Waals surface area contributed by atoms with Crippen LogP contribution in [0, 0.1) is 0 Å². The molecule has 3 aliphatic heterocycles. The van der Waals surface area contributed by atoms with E-state index < -0.39 is 0 Å². The van der Waals surface area contributed by atoms with Gasteiger partial charge in [-0.3, -0.25) is 9.69 Å². The van der Waals surface area contributed by atoms with Crippen LogP contribution in [0.1, 0.15) is 37.8 Å². The minimum Gasteiger partial charge on any atom is -0.332 e. The smallest absolute Gasteiger partial charge is 0.322 e. The Hall–Kier alpha value is -2.34. The van der Waals surface area contributed by atoms with Gasteiger partial charge >= 0.3 is 6.03 Å². The van der Waals surface area contributed by atoms with Gasteiger partial charge in [0.05, 0.1) is 23.9 Å². The zero-order valence-electron chi connectivity index (χ0n) is 16.0. The van der Waals surface area contributed by atoms with Crippen molar-refractivity contribution >= 4 is 11.9 Å². The van der Waals surface area contributed by atoms with Gasteiger partial charge in [0.1, 0.15) is 0 Å². The highest BCUT2D eigenvalue weighted by molar-refractivity contribution is 6.01. The Labute approximate surface area is 160 Å². The molecule has 0 saturated carbocycles. The molecule has 0 aromatic heterocycles. The highest BCUT2D eigenvalue weighted by Gasteiger charge is 2.43. The fourth-order valence-electron chi connectivity index (χ4n) is 4.35. The Morgan fingerprint density at radius 1 is 1.04 bits per heavy atom.